The third-order valence-corrected chi connectivity index (χ3v) is 4.19. The molecular formula is C22H36BrN3O. The lowest BCUT2D eigenvalue weighted by atomic mass is 9.96. The molecule has 0 heterocycles. The van der Waals surface area contributed by atoms with Gasteiger partial charge in [0, 0.05) is 37.6 Å². The van der Waals surface area contributed by atoms with Crippen molar-refractivity contribution in [2.24, 2.45) is 16.3 Å². The number of hydrogen-bond donors (Lipinski definition) is 0. The van der Waals surface area contributed by atoms with Gasteiger partial charge in [-0.15, -0.1) is 0 Å². The van der Waals surface area contributed by atoms with Crippen LogP contribution in [-0.4, -0.2) is 48.5 Å². The molecule has 0 N–H and O–H groups in total. The first kappa shape index (κ1) is 25.4. The molecule has 0 saturated heterocycles. The fourth-order valence-corrected chi connectivity index (χ4v) is 2.78. The minimum absolute atomic E-state index is 0.118. The molecule has 0 aromatic heterocycles. The molecule has 0 saturated carbocycles. The molecule has 0 bridgehead atoms. The van der Waals surface area contributed by atoms with Gasteiger partial charge < -0.3 is 9.80 Å². The van der Waals surface area contributed by atoms with Crippen LogP contribution in [0.5, 0.6) is 0 Å². The van der Waals surface area contributed by atoms with E-state index in [1.165, 1.54) is 10.5 Å². The van der Waals surface area contributed by atoms with Crippen molar-refractivity contribution in [2.75, 3.05) is 26.0 Å². The number of carbonyl (C=O) groups excluding carboxylic acids is 1. The molecule has 0 fully saturated rings. The van der Waals surface area contributed by atoms with Crippen LogP contribution < -0.4 is 0 Å². The lowest BCUT2D eigenvalue weighted by molar-refractivity contribution is -0.113. The van der Waals surface area contributed by atoms with Crippen molar-refractivity contribution >= 4 is 28.7 Å². The molecule has 0 aromatic rings. The van der Waals surface area contributed by atoms with Crippen molar-refractivity contribution in [3.63, 3.8) is 0 Å². The van der Waals surface area contributed by atoms with Gasteiger partial charge in [0.25, 0.3) is 0 Å². The maximum Gasteiger partial charge on any atom is 0.214 e. The van der Waals surface area contributed by atoms with Crippen molar-refractivity contribution in [2.45, 2.75) is 41.0 Å². The van der Waals surface area contributed by atoms with Crippen molar-refractivity contribution in [3.8, 4) is 0 Å². The van der Waals surface area contributed by atoms with E-state index in [1.807, 2.05) is 12.2 Å². The first-order chi connectivity index (χ1) is 12.6. The van der Waals surface area contributed by atoms with E-state index in [1.54, 1.807) is 13.4 Å². The van der Waals surface area contributed by atoms with E-state index in [-0.39, 0.29) is 11.3 Å². The molecule has 0 aromatic carbocycles. The van der Waals surface area contributed by atoms with Gasteiger partial charge in [0.2, 0.25) is 6.41 Å². The van der Waals surface area contributed by atoms with Gasteiger partial charge in [-0.1, -0.05) is 68.8 Å². The molecule has 1 amide bonds. The SMILES string of the molecule is CC/C=C\C(=C/C(C)/C(=C/C=C/N(C)CC(C)(C)C)N=CN(C)C=O)CBr. The predicted molar refractivity (Wildman–Crippen MR) is 122 cm³/mol. The summed E-state index contributed by atoms with van der Waals surface area (Å²) in [5.41, 5.74) is 2.35. The number of alkyl halides is 1. The smallest absolute Gasteiger partial charge is 0.214 e. The summed E-state index contributed by atoms with van der Waals surface area (Å²) in [6, 6.07) is 0. The highest BCUT2D eigenvalue weighted by molar-refractivity contribution is 9.09. The summed E-state index contributed by atoms with van der Waals surface area (Å²) in [5, 5.41) is 0.795. The standard InChI is InChI=1S/C22H36BrN3O/c1-8-9-11-20(15-23)14-19(2)21(24-17-26(7)18-27)12-10-13-25(6)16-22(3,4)5/h9-14,17-19H,8,15-16H2,1-7H3/b11-9-,13-10+,20-14+,21-12-,24-17?. The van der Waals surface area contributed by atoms with E-state index in [0.717, 1.165) is 30.4 Å². The molecule has 0 aliphatic rings. The number of rotatable bonds is 11. The first-order valence-corrected chi connectivity index (χ1v) is 10.5. The van der Waals surface area contributed by atoms with Crippen LogP contribution in [0.1, 0.15) is 41.0 Å². The molecule has 152 valence electrons. The summed E-state index contributed by atoms with van der Waals surface area (Å²) >= 11 is 3.54. The Morgan fingerprint density at radius 1 is 1.26 bits per heavy atom. The van der Waals surface area contributed by atoms with E-state index < -0.39 is 0 Å². The zero-order valence-electron chi connectivity index (χ0n) is 17.9. The maximum absolute atomic E-state index is 10.8. The number of carbonyl (C=O) groups is 1. The van der Waals surface area contributed by atoms with Crippen LogP contribution in [0.15, 0.2) is 52.8 Å². The average molecular weight is 438 g/mol. The molecule has 0 radical (unpaired) electrons. The number of halogens is 1. The van der Waals surface area contributed by atoms with Gasteiger partial charge in [-0.3, -0.25) is 4.79 Å². The molecule has 0 spiro atoms. The summed E-state index contributed by atoms with van der Waals surface area (Å²) in [6.45, 7) is 11.9. The quantitative estimate of drug-likeness (QED) is 0.142. The molecule has 5 heteroatoms. The second-order valence-electron chi connectivity index (χ2n) is 7.90. The van der Waals surface area contributed by atoms with Gasteiger partial charge in [0.15, 0.2) is 0 Å². The van der Waals surface area contributed by atoms with E-state index in [0.29, 0.717) is 0 Å². The molecule has 1 unspecified atom stereocenters. The Morgan fingerprint density at radius 2 is 1.93 bits per heavy atom. The highest BCUT2D eigenvalue weighted by Gasteiger charge is 2.11. The molecule has 0 rings (SSSR count). The van der Waals surface area contributed by atoms with Crippen LogP contribution in [0, 0.1) is 11.3 Å². The Morgan fingerprint density at radius 3 is 2.44 bits per heavy atom. The predicted octanol–water partition coefficient (Wildman–Crippen LogP) is 5.40. The lowest BCUT2D eigenvalue weighted by Crippen LogP contribution is -2.24. The zero-order chi connectivity index (χ0) is 20.9. The topological polar surface area (TPSA) is 35.9 Å². The average Bonchev–Trinajstić information content (AvgIpc) is 2.59. The van der Waals surface area contributed by atoms with Gasteiger partial charge in [-0.05, 0) is 35.8 Å². The van der Waals surface area contributed by atoms with E-state index in [4.69, 9.17) is 0 Å². The first-order valence-electron chi connectivity index (χ1n) is 9.36. The molecule has 1 atom stereocenters. The summed E-state index contributed by atoms with van der Waals surface area (Å²) < 4.78 is 0. The molecular weight excluding hydrogens is 402 g/mol. The van der Waals surface area contributed by atoms with Crippen LogP contribution in [0.3, 0.4) is 0 Å². The van der Waals surface area contributed by atoms with Gasteiger partial charge in [0.05, 0.1) is 6.34 Å². The highest BCUT2D eigenvalue weighted by Crippen LogP contribution is 2.18. The van der Waals surface area contributed by atoms with Crippen molar-refractivity contribution in [3.05, 3.63) is 47.9 Å². The van der Waals surface area contributed by atoms with E-state index >= 15 is 0 Å². The summed E-state index contributed by atoms with van der Waals surface area (Å²) in [6.07, 6.45) is 15.8. The van der Waals surface area contributed by atoms with Crippen molar-refractivity contribution in [1.29, 1.82) is 0 Å². The zero-order valence-corrected chi connectivity index (χ0v) is 19.5. The van der Waals surface area contributed by atoms with Gasteiger partial charge in [-0.2, -0.15) is 0 Å². The lowest BCUT2D eigenvalue weighted by Gasteiger charge is -2.25. The van der Waals surface area contributed by atoms with Crippen LogP contribution in [0.25, 0.3) is 0 Å². The van der Waals surface area contributed by atoms with E-state index in [9.17, 15) is 4.79 Å². The van der Waals surface area contributed by atoms with Crippen LogP contribution in [0.2, 0.25) is 0 Å². The Bertz CT molecular complexity index is 583. The van der Waals surface area contributed by atoms with Crippen LogP contribution >= 0.6 is 15.9 Å². The summed E-state index contributed by atoms with van der Waals surface area (Å²) in [7, 11) is 3.75. The second-order valence-corrected chi connectivity index (χ2v) is 8.46. The van der Waals surface area contributed by atoms with Gasteiger partial charge in [0.1, 0.15) is 0 Å². The minimum atomic E-state index is 0.118. The van der Waals surface area contributed by atoms with Crippen LogP contribution in [0.4, 0.5) is 0 Å². The molecule has 27 heavy (non-hydrogen) atoms. The third kappa shape index (κ3) is 13.2. The number of allylic oxidation sites excluding steroid dienone is 6. The largest absolute Gasteiger partial charge is 0.380 e. The third-order valence-electron chi connectivity index (χ3n) is 3.54. The number of hydrogen-bond acceptors (Lipinski definition) is 3. The Labute approximate surface area is 174 Å². The Kier molecular flexibility index (Phi) is 12.7. The molecule has 0 aliphatic carbocycles. The Hall–Kier alpha value is -1.62. The molecule has 4 nitrogen and oxygen atoms in total. The summed E-state index contributed by atoms with van der Waals surface area (Å²) in [4.78, 5) is 18.9. The fraction of sp³-hybridized carbons (Fsp3) is 0.545. The maximum atomic E-state index is 10.8. The van der Waals surface area contributed by atoms with Crippen molar-refractivity contribution < 1.29 is 4.79 Å². The number of amides is 1. The van der Waals surface area contributed by atoms with E-state index in [2.05, 4.69) is 91.9 Å². The number of nitrogens with zero attached hydrogens (tertiary/aromatic N) is 3. The van der Waals surface area contributed by atoms with Gasteiger partial charge in [-0.25, -0.2) is 4.99 Å². The summed E-state index contributed by atoms with van der Waals surface area (Å²) in [5.74, 6) is 0.118. The minimum Gasteiger partial charge on any atom is -0.380 e. The van der Waals surface area contributed by atoms with Crippen molar-refractivity contribution in [1.82, 2.24) is 9.80 Å². The monoisotopic (exact) mass is 437 g/mol. The highest BCUT2D eigenvalue weighted by atomic mass is 79.9. The number of aliphatic imine (C=N–C) groups is 1. The normalized spacial score (nSPS) is 15.1. The molecule has 0 aliphatic heterocycles. The fourth-order valence-electron chi connectivity index (χ4n) is 2.41. The van der Waals surface area contributed by atoms with Crippen LogP contribution in [-0.2, 0) is 4.79 Å². The van der Waals surface area contributed by atoms with Gasteiger partial charge >= 0.3 is 0 Å². The Balaban J connectivity index is 5.49. The second kappa shape index (κ2) is 13.5.